The second kappa shape index (κ2) is 4.40. The maximum Gasteiger partial charge on any atom is 0.281 e. The van der Waals surface area contributed by atoms with Crippen molar-refractivity contribution >= 4 is 19.9 Å². The third-order valence-corrected chi connectivity index (χ3v) is 2.79. The molecule has 0 bridgehead atoms. The Labute approximate surface area is 89.3 Å². The lowest BCUT2D eigenvalue weighted by molar-refractivity contribution is 0.112. The zero-order valence-electron chi connectivity index (χ0n) is 8.48. The molecule has 0 spiro atoms. The van der Waals surface area contributed by atoms with Gasteiger partial charge in [-0.25, -0.2) is 0 Å². The SMILES string of the molecule is O=CBN1CCc2cc(C=O)ccc2C1. The molecule has 0 saturated carbocycles. The standard InChI is InChI=1S/C11H12BNO2/c14-7-9-1-2-11-6-13(12-8-15)4-3-10(11)5-9/h1-2,5,7-8,12H,3-4,6H2. The molecule has 0 atom stereocenters. The summed E-state index contributed by atoms with van der Waals surface area (Å²) in [5.41, 5.74) is 3.20. The van der Waals surface area contributed by atoms with E-state index in [1.165, 1.54) is 11.1 Å². The predicted octanol–water partition coefficient (Wildman–Crippen LogP) is 0.399. The molecule has 0 aliphatic carbocycles. The van der Waals surface area contributed by atoms with Gasteiger partial charge in [-0.3, -0.25) is 4.79 Å². The number of fused-ring (bicyclic) bond motifs is 1. The van der Waals surface area contributed by atoms with E-state index in [4.69, 9.17) is 0 Å². The minimum Gasteiger partial charge on any atom is -0.335 e. The topological polar surface area (TPSA) is 37.4 Å². The zero-order chi connectivity index (χ0) is 10.7. The van der Waals surface area contributed by atoms with Crippen LogP contribution in [0.5, 0.6) is 0 Å². The molecule has 2 rings (SSSR count). The Morgan fingerprint density at radius 2 is 2.13 bits per heavy atom. The Bertz CT molecular complexity index is 392. The summed E-state index contributed by atoms with van der Waals surface area (Å²) in [6, 6.07) is 5.76. The first-order valence-corrected chi connectivity index (χ1v) is 5.06. The van der Waals surface area contributed by atoms with Crippen LogP contribution in [0.3, 0.4) is 0 Å². The summed E-state index contributed by atoms with van der Waals surface area (Å²) in [7, 11) is 0.495. The van der Waals surface area contributed by atoms with Crippen molar-refractivity contribution in [2.45, 2.75) is 13.0 Å². The number of rotatable bonds is 3. The number of carbonyl (C=O) groups excluding carboxylic acids is 2. The largest absolute Gasteiger partial charge is 0.335 e. The Balaban J connectivity index is 2.20. The van der Waals surface area contributed by atoms with Gasteiger partial charge in [-0.2, -0.15) is 0 Å². The number of benzene rings is 1. The van der Waals surface area contributed by atoms with E-state index in [1.54, 1.807) is 0 Å². The van der Waals surface area contributed by atoms with Crippen LogP contribution in [0.1, 0.15) is 21.5 Å². The molecule has 0 saturated heterocycles. The van der Waals surface area contributed by atoms with Gasteiger partial charge in [-0.05, 0) is 30.2 Å². The van der Waals surface area contributed by atoms with Gasteiger partial charge in [-0.15, -0.1) is 0 Å². The van der Waals surface area contributed by atoms with Crippen molar-refractivity contribution in [2.75, 3.05) is 6.54 Å². The van der Waals surface area contributed by atoms with Gasteiger partial charge < -0.3 is 9.61 Å². The van der Waals surface area contributed by atoms with E-state index in [-0.39, 0.29) is 0 Å². The Morgan fingerprint density at radius 1 is 1.27 bits per heavy atom. The molecule has 1 aromatic carbocycles. The molecule has 4 heteroatoms. The van der Waals surface area contributed by atoms with Crippen molar-refractivity contribution in [1.29, 1.82) is 0 Å². The monoisotopic (exact) mass is 201 g/mol. The molecular formula is C11H12BNO2. The van der Waals surface area contributed by atoms with Crippen molar-refractivity contribution in [1.82, 2.24) is 4.81 Å². The summed E-state index contributed by atoms with van der Waals surface area (Å²) < 4.78 is 0. The van der Waals surface area contributed by atoms with Crippen LogP contribution in [0.15, 0.2) is 18.2 Å². The molecule has 15 heavy (non-hydrogen) atoms. The lowest BCUT2D eigenvalue weighted by Gasteiger charge is -2.26. The normalized spacial score (nSPS) is 15.5. The van der Waals surface area contributed by atoms with E-state index < -0.39 is 0 Å². The van der Waals surface area contributed by atoms with E-state index in [1.807, 2.05) is 18.2 Å². The molecule has 0 aromatic heterocycles. The molecule has 1 aliphatic rings. The molecule has 0 N–H and O–H groups in total. The summed E-state index contributed by atoms with van der Waals surface area (Å²) in [6.45, 7) is 1.71. The Morgan fingerprint density at radius 3 is 2.87 bits per heavy atom. The summed E-state index contributed by atoms with van der Waals surface area (Å²) in [5.74, 6) is 0. The van der Waals surface area contributed by atoms with Crippen molar-refractivity contribution < 1.29 is 9.59 Å². The number of nitrogens with zero attached hydrogens (tertiary/aromatic N) is 1. The first-order valence-electron chi connectivity index (χ1n) is 5.06. The predicted molar refractivity (Wildman–Crippen MR) is 59.8 cm³/mol. The second-order valence-electron chi connectivity index (χ2n) is 3.80. The van der Waals surface area contributed by atoms with Gasteiger partial charge >= 0.3 is 0 Å². The van der Waals surface area contributed by atoms with Crippen molar-refractivity contribution in [3.05, 3.63) is 34.9 Å². The number of carbonyl (C=O) groups is 2. The first kappa shape index (κ1) is 10.1. The summed E-state index contributed by atoms with van der Waals surface area (Å²) in [6.07, 6.45) is 2.73. The summed E-state index contributed by atoms with van der Waals surface area (Å²) >= 11 is 0. The van der Waals surface area contributed by atoms with E-state index in [0.29, 0.717) is 7.41 Å². The third-order valence-electron chi connectivity index (χ3n) is 2.79. The highest BCUT2D eigenvalue weighted by atomic mass is 16.1. The summed E-state index contributed by atoms with van der Waals surface area (Å²) in [5, 5.41) is 0. The molecule has 1 aromatic rings. The van der Waals surface area contributed by atoms with Crippen LogP contribution in [-0.4, -0.2) is 31.2 Å². The maximum absolute atomic E-state index is 10.6. The van der Waals surface area contributed by atoms with E-state index in [2.05, 4.69) is 4.81 Å². The van der Waals surface area contributed by atoms with Crippen LogP contribution in [-0.2, 0) is 17.8 Å². The highest BCUT2D eigenvalue weighted by Gasteiger charge is 2.16. The second-order valence-corrected chi connectivity index (χ2v) is 3.80. The van der Waals surface area contributed by atoms with Crippen molar-refractivity contribution in [3.8, 4) is 0 Å². The van der Waals surface area contributed by atoms with Crippen LogP contribution in [0.25, 0.3) is 0 Å². The highest BCUT2D eigenvalue weighted by Crippen LogP contribution is 2.18. The molecule has 0 radical (unpaired) electrons. The fourth-order valence-corrected chi connectivity index (χ4v) is 1.97. The minimum absolute atomic E-state index is 0.495. The van der Waals surface area contributed by atoms with E-state index in [9.17, 15) is 9.59 Å². The summed E-state index contributed by atoms with van der Waals surface area (Å²) in [4.78, 5) is 23.1. The van der Waals surface area contributed by atoms with Gasteiger partial charge in [0.2, 0.25) is 0 Å². The number of hydrogen-bond donors (Lipinski definition) is 0. The Kier molecular flexibility index (Phi) is 2.97. The van der Waals surface area contributed by atoms with E-state index in [0.717, 1.165) is 37.5 Å². The molecule has 0 fully saturated rings. The minimum atomic E-state index is 0.495. The van der Waals surface area contributed by atoms with Crippen LogP contribution < -0.4 is 0 Å². The average Bonchev–Trinajstić information content (AvgIpc) is 2.29. The van der Waals surface area contributed by atoms with Crippen LogP contribution in [0, 0.1) is 0 Å². The van der Waals surface area contributed by atoms with Gasteiger partial charge in [0, 0.05) is 12.1 Å². The smallest absolute Gasteiger partial charge is 0.281 e. The molecule has 1 heterocycles. The highest BCUT2D eigenvalue weighted by molar-refractivity contribution is 6.64. The number of aldehydes is 1. The zero-order valence-corrected chi connectivity index (χ0v) is 8.48. The van der Waals surface area contributed by atoms with Crippen molar-refractivity contribution in [2.24, 2.45) is 0 Å². The van der Waals surface area contributed by atoms with Crippen LogP contribution in [0.2, 0.25) is 0 Å². The van der Waals surface area contributed by atoms with Gasteiger partial charge in [0.05, 0.1) is 6.19 Å². The fraction of sp³-hybridized carbons (Fsp3) is 0.273. The molecule has 0 amide bonds. The van der Waals surface area contributed by atoms with Crippen molar-refractivity contribution in [3.63, 3.8) is 0 Å². The van der Waals surface area contributed by atoms with Gasteiger partial charge in [0.1, 0.15) is 6.29 Å². The molecule has 0 unspecified atom stereocenters. The Hall–Kier alpha value is -1.42. The average molecular weight is 201 g/mol. The van der Waals surface area contributed by atoms with Gasteiger partial charge in [0.25, 0.3) is 7.41 Å². The molecular weight excluding hydrogens is 189 g/mol. The molecule has 3 nitrogen and oxygen atoms in total. The van der Waals surface area contributed by atoms with Gasteiger partial charge in [0.15, 0.2) is 0 Å². The lowest BCUT2D eigenvalue weighted by atomic mass is 9.88. The molecule has 1 aliphatic heterocycles. The first-order chi connectivity index (χ1) is 7.33. The van der Waals surface area contributed by atoms with Crippen LogP contribution in [0.4, 0.5) is 0 Å². The number of hydrogen-bond acceptors (Lipinski definition) is 3. The van der Waals surface area contributed by atoms with Gasteiger partial charge in [-0.1, -0.05) is 12.1 Å². The third kappa shape index (κ3) is 2.15. The van der Waals surface area contributed by atoms with E-state index >= 15 is 0 Å². The molecule has 76 valence electrons. The lowest BCUT2D eigenvalue weighted by Crippen LogP contribution is -2.34. The quantitative estimate of drug-likeness (QED) is 0.524. The maximum atomic E-state index is 10.6. The fourth-order valence-electron chi connectivity index (χ4n) is 1.97. The van der Waals surface area contributed by atoms with Crippen LogP contribution >= 0.6 is 0 Å².